The first-order chi connectivity index (χ1) is 9.95. The van der Waals surface area contributed by atoms with Gasteiger partial charge in [-0.25, -0.2) is 12.7 Å². The minimum absolute atomic E-state index is 0.133. The number of carbonyl (C=O) groups excluding carboxylic acids is 1. The Balaban J connectivity index is 2.02. The Hall–Kier alpha value is -0.660. The van der Waals surface area contributed by atoms with E-state index in [9.17, 15) is 13.2 Å². The zero-order chi connectivity index (χ0) is 15.5. The Bertz CT molecular complexity index is 469. The number of ether oxygens (including phenoxy) is 1. The molecule has 2 heterocycles. The molecule has 2 fully saturated rings. The summed E-state index contributed by atoms with van der Waals surface area (Å²) >= 11 is 0. The summed E-state index contributed by atoms with van der Waals surface area (Å²) in [5.41, 5.74) is -0.342. The molecule has 1 amide bonds. The summed E-state index contributed by atoms with van der Waals surface area (Å²) in [5.74, 6) is 0.327. The maximum Gasteiger partial charge on any atom is 0.228 e. The third-order valence-electron chi connectivity index (χ3n) is 4.83. The van der Waals surface area contributed by atoms with Crippen molar-refractivity contribution in [3.05, 3.63) is 0 Å². The molecule has 6 nitrogen and oxygen atoms in total. The van der Waals surface area contributed by atoms with E-state index in [0.717, 1.165) is 19.4 Å². The van der Waals surface area contributed by atoms with Crippen LogP contribution in [0.2, 0.25) is 0 Å². The molecule has 0 bridgehead atoms. The average molecular weight is 318 g/mol. The van der Waals surface area contributed by atoms with Gasteiger partial charge in [0.05, 0.1) is 17.8 Å². The number of hydrogen-bond acceptors (Lipinski definition) is 4. The Morgan fingerprint density at radius 2 is 1.86 bits per heavy atom. The van der Waals surface area contributed by atoms with Crippen molar-refractivity contribution >= 4 is 15.9 Å². The lowest BCUT2D eigenvalue weighted by Gasteiger charge is -2.46. The lowest BCUT2D eigenvalue weighted by atomic mass is 9.72. The molecule has 2 aliphatic rings. The van der Waals surface area contributed by atoms with Crippen molar-refractivity contribution in [1.82, 2.24) is 9.21 Å². The number of sulfonamides is 1. The predicted molar refractivity (Wildman–Crippen MR) is 80.4 cm³/mol. The molecule has 0 atom stereocenters. The van der Waals surface area contributed by atoms with Gasteiger partial charge in [0, 0.05) is 33.3 Å². The zero-order valence-corrected chi connectivity index (χ0v) is 13.8. The van der Waals surface area contributed by atoms with Crippen molar-refractivity contribution in [3.63, 3.8) is 0 Å². The van der Waals surface area contributed by atoms with E-state index in [1.165, 1.54) is 0 Å². The minimum Gasteiger partial charge on any atom is -0.383 e. The van der Waals surface area contributed by atoms with E-state index in [1.807, 2.05) is 4.90 Å². The maximum absolute atomic E-state index is 12.7. The van der Waals surface area contributed by atoms with Crippen LogP contribution >= 0.6 is 0 Å². The standard InChI is InChI=1S/C14H26N2O4S/c1-3-21(18,19)16-9-6-14(7-10-16)5-4-8-15(13(14)17)11-12-20-2/h3-12H2,1-2H3. The number of nitrogens with zero attached hydrogens (tertiary/aromatic N) is 2. The van der Waals surface area contributed by atoms with Crippen molar-refractivity contribution in [2.75, 3.05) is 45.6 Å². The van der Waals surface area contributed by atoms with Gasteiger partial charge in [-0.2, -0.15) is 0 Å². The van der Waals surface area contributed by atoms with Gasteiger partial charge in [0.1, 0.15) is 0 Å². The van der Waals surface area contributed by atoms with E-state index in [2.05, 4.69) is 0 Å². The highest BCUT2D eigenvalue weighted by Gasteiger charge is 2.46. The summed E-state index contributed by atoms with van der Waals surface area (Å²) in [4.78, 5) is 14.6. The van der Waals surface area contributed by atoms with E-state index in [0.29, 0.717) is 39.1 Å². The van der Waals surface area contributed by atoms with Gasteiger partial charge in [0.15, 0.2) is 0 Å². The van der Waals surface area contributed by atoms with Crippen molar-refractivity contribution < 1.29 is 17.9 Å². The van der Waals surface area contributed by atoms with E-state index in [1.54, 1.807) is 18.3 Å². The highest BCUT2D eigenvalue weighted by molar-refractivity contribution is 7.89. The van der Waals surface area contributed by atoms with Gasteiger partial charge < -0.3 is 9.64 Å². The zero-order valence-electron chi connectivity index (χ0n) is 13.0. The van der Waals surface area contributed by atoms with Crippen LogP contribution in [0.25, 0.3) is 0 Å². The van der Waals surface area contributed by atoms with Crippen LogP contribution in [0.15, 0.2) is 0 Å². The molecule has 0 saturated carbocycles. The van der Waals surface area contributed by atoms with Crippen LogP contribution in [0.4, 0.5) is 0 Å². The highest BCUT2D eigenvalue weighted by atomic mass is 32.2. The second kappa shape index (κ2) is 6.62. The lowest BCUT2D eigenvalue weighted by Crippen LogP contribution is -2.54. The fourth-order valence-corrected chi connectivity index (χ4v) is 4.51. The summed E-state index contributed by atoms with van der Waals surface area (Å²) in [6, 6.07) is 0. The molecule has 0 aromatic heterocycles. The van der Waals surface area contributed by atoms with Gasteiger partial charge in [0.2, 0.25) is 15.9 Å². The summed E-state index contributed by atoms with van der Waals surface area (Å²) in [7, 11) is -1.50. The number of rotatable bonds is 5. The summed E-state index contributed by atoms with van der Waals surface area (Å²) in [6.45, 7) is 4.59. The Labute approximate surface area is 127 Å². The fraction of sp³-hybridized carbons (Fsp3) is 0.929. The number of amides is 1. The van der Waals surface area contributed by atoms with Crippen LogP contribution < -0.4 is 0 Å². The Kier molecular flexibility index (Phi) is 5.27. The molecule has 1 spiro atoms. The van der Waals surface area contributed by atoms with E-state index in [-0.39, 0.29) is 17.1 Å². The normalized spacial score (nSPS) is 23.7. The highest BCUT2D eigenvalue weighted by Crippen LogP contribution is 2.41. The summed E-state index contributed by atoms with van der Waals surface area (Å²) < 4.78 is 30.5. The third kappa shape index (κ3) is 3.40. The van der Waals surface area contributed by atoms with Crippen molar-refractivity contribution in [1.29, 1.82) is 0 Å². The molecule has 0 aromatic rings. The first-order valence-corrected chi connectivity index (χ1v) is 9.32. The fourth-order valence-electron chi connectivity index (χ4n) is 3.41. The van der Waals surface area contributed by atoms with Crippen molar-refractivity contribution in [2.24, 2.45) is 5.41 Å². The summed E-state index contributed by atoms with van der Waals surface area (Å²) in [5, 5.41) is 0. The Morgan fingerprint density at radius 1 is 1.19 bits per heavy atom. The van der Waals surface area contributed by atoms with Gasteiger partial charge in [-0.3, -0.25) is 4.79 Å². The predicted octanol–water partition coefficient (Wildman–Crippen LogP) is 0.687. The lowest BCUT2D eigenvalue weighted by molar-refractivity contribution is -0.149. The molecule has 21 heavy (non-hydrogen) atoms. The minimum atomic E-state index is -3.13. The molecule has 2 aliphatic heterocycles. The number of methoxy groups -OCH3 is 1. The van der Waals surface area contributed by atoms with Gasteiger partial charge >= 0.3 is 0 Å². The summed E-state index contributed by atoms with van der Waals surface area (Å²) in [6.07, 6.45) is 3.18. The smallest absolute Gasteiger partial charge is 0.228 e. The average Bonchev–Trinajstić information content (AvgIpc) is 2.49. The molecule has 2 saturated heterocycles. The van der Waals surface area contributed by atoms with E-state index < -0.39 is 10.0 Å². The topological polar surface area (TPSA) is 66.9 Å². The monoisotopic (exact) mass is 318 g/mol. The maximum atomic E-state index is 12.7. The van der Waals surface area contributed by atoms with Crippen LogP contribution in [0, 0.1) is 5.41 Å². The van der Waals surface area contributed by atoms with E-state index in [4.69, 9.17) is 4.74 Å². The van der Waals surface area contributed by atoms with Crippen LogP contribution in [0.3, 0.4) is 0 Å². The van der Waals surface area contributed by atoms with Gasteiger partial charge in [-0.15, -0.1) is 0 Å². The molecule has 0 aliphatic carbocycles. The largest absolute Gasteiger partial charge is 0.383 e. The third-order valence-corrected chi connectivity index (χ3v) is 6.71. The Morgan fingerprint density at radius 3 is 2.43 bits per heavy atom. The molecule has 0 aromatic carbocycles. The molecule has 122 valence electrons. The molecular weight excluding hydrogens is 292 g/mol. The number of likely N-dealkylation sites (tertiary alicyclic amines) is 1. The second-order valence-corrected chi connectivity index (χ2v) is 8.23. The van der Waals surface area contributed by atoms with Crippen LogP contribution in [-0.4, -0.2) is 69.2 Å². The van der Waals surface area contributed by atoms with Crippen molar-refractivity contribution in [3.8, 4) is 0 Å². The first-order valence-electron chi connectivity index (χ1n) is 7.71. The SMILES string of the molecule is CCS(=O)(=O)N1CCC2(CCCN(CCOC)C2=O)CC1. The number of carbonyl (C=O) groups is 1. The van der Waals surface area contributed by atoms with E-state index >= 15 is 0 Å². The number of hydrogen-bond donors (Lipinski definition) is 0. The quantitative estimate of drug-likeness (QED) is 0.748. The van der Waals surface area contributed by atoms with Gasteiger partial charge in [-0.05, 0) is 32.6 Å². The molecular formula is C14H26N2O4S. The van der Waals surface area contributed by atoms with Crippen LogP contribution in [0.5, 0.6) is 0 Å². The molecule has 2 rings (SSSR count). The molecule has 0 N–H and O–H groups in total. The first kappa shape index (κ1) is 16.7. The van der Waals surface area contributed by atoms with Gasteiger partial charge in [-0.1, -0.05) is 0 Å². The molecule has 0 radical (unpaired) electrons. The van der Waals surface area contributed by atoms with Crippen LogP contribution in [0.1, 0.15) is 32.6 Å². The molecule has 7 heteroatoms. The number of piperidine rings is 2. The second-order valence-electron chi connectivity index (χ2n) is 5.97. The van der Waals surface area contributed by atoms with Gasteiger partial charge in [0.25, 0.3) is 0 Å². The van der Waals surface area contributed by atoms with Crippen LogP contribution in [-0.2, 0) is 19.6 Å². The molecule has 0 unspecified atom stereocenters. The van der Waals surface area contributed by atoms with Crippen molar-refractivity contribution in [2.45, 2.75) is 32.6 Å².